The van der Waals surface area contributed by atoms with Crippen molar-refractivity contribution >= 4 is 43.5 Å². The zero-order chi connectivity index (χ0) is 28.0. The number of rotatable bonds is 10. The first kappa shape index (κ1) is 29.4. The highest BCUT2D eigenvalue weighted by molar-refractivity contribution is 9.10. The summed E-state index contributed by atoms with van der Waals surface area (Å²) in [7, 11) is -4.09. The Morgan fingerprint density at radius 3 is 2.13 bits per heavy atom. The Morgan fingerprint density at radius 1 is 0.921 bits per heavy atom. The number of amides is 2. The molecular formula is C29H34BrN3O4S. The Labute approximate surface area is 234 Å². The second-order valence-corrected chi connectivity index (χ2v) is 12.2. The van der Waals surface area contributed by atoms with Gasteiger partial charge in [0.2, 0.25) is 11.8 Å². The molecule has 7 nitrogen and oxygen atoms in total. The first-order valence-corrected chi connectivity index (χ1v) is 14.6. The van der Waals surface area contributed by atoms with Gasteiger partial charge in [-0.3, -0.25) is 13.9 Å². The molecule has 0 heterocycles. The van der Waals surface area contributed by atoms with Gasteiger partial charge in [0.25, 0.3) is 10.0 Å². The average Bonchev–Trinajstić information content (AvgIpc) is 2.85. The van der Waals surface area contributed by atoms with Gasteiger partial charge in [0.15, 0.2) is 0 Å². The SMILES string of the molecule is CCNC(=O)[C@@H](C)N(Cc1cccc(Br)c1)C(=O)CN(c1cc(C)cc(C)c1)S(=O)(=O)c1ccc(C)cc1. The standard InChI is InChI=1S/C29H34BrN3O4S/c1-6-31-29(35)23(5)32(18-24-8-7-9-25(30)17-24)28(34)19-33(26-15-21(3)14-22(4)16-26)38(36,37)27-12-10-20(2)11-13-27/h7-17,23H,6,18-19H2,1-5H3,(H,31,35)/t23-/m1/s1. The minimum Gasteiger partial charge on any atom is -0.355 e. The fourth-order valence-corrected chi connectivity index (χ4v) is 6.04. The number of aryl methyl sites for hydroxylation is 3. The van der Waals surface area contributed by atoms with Crippen molar-refractivity contribution in [3.63, 3.8) is 0 Å². The minimum absolute atomic E-state index is 0.0883. The number of anilines is 1. The van der Waals surface area contributed by atoms with E-state index >= 15 is 0 Å². The van der Waals surface area contributed by atoms with Crippen molar-refractivity contribution < 1.29 is 18.0 Å². The number of sulfonamides is 1. The smallest absolute Gasteiger partial charge is 0.264 e. The number of nitrogens with one attached hydrogen (secondary N) is 1. The topological polar surface area (TPSA) is 86.8 Å². The number of hydrogen-bond donors (Lipinski definition) is 1. The second-order valence-electron chi connectivity index (χ2n) is 9.39. The molecule has 0 aliphatic carbocycles. The van der Waals surface area contributed by atoms with Crippen molar-refractivity contribution in [1.82, 2.24) is 10.2 Å². The van der Waals surface area contributed by atoms with Gasteiger partial charge >= 0.3 is 0 Å². The molecule has 0 bridgehead atoms. The predicted octanol–water partition coefficient (Wildman–Crippen LogP) is 5.12. The van der Waals surface area contributed by atoms with Crippen LogP contribution in [-0.2, 0) is 26.2 Å². The molecule has 0 aliphatic rings. The molecule has 0 aromatic heterocycles. The van der Waals surface area contributed by atoms with Gasteiger partial charge in [0, 0.05) is 17.6 Å². The van der Waals surface area contributed by atoms with Crippen molar-refractivity contribution in [1.29, 1.82) is 0 Å². The number of benzene rings is 3. The summed E-state index contributed by atoms with van der Waals surface area (Å²) in [5, 5.41) is 2.77. The van der Waals surface area contributed by atoms with Crippen LogP contribution in [0.4, 0.5) is 5.69 Å². The zero-order valence-corrected chi connectivity index (χ0v) is 24.8. The van der Waals surface area contributed by atoms with Crippen molar-refractivity contribution in [3.05, 3.63) is 93.5 Å². The molecule has 0 saturated carbocycles. The molecule has 3 aromatic carbocycles. The Kier molecular flexibility index (Phi) is 9.73. The van der Waals surface area contributed by atoms with Gasteiger partial charge in [-0.25, -0.2) is 8.42 Å². The molecule has 0 saturated heterocycles. The van der Waals surface area contributed by atoms with E-state index < -0.39 is 28.5 Å². The summed E-state index contributed by atoms with van der Waals surface area (Å²) in [6, 6.07) is 18.6. The lowest BCUT2D eigenvalue weighted by atomic mass is 10.1. The Hall–Kier alpha value is -3.17. The summed E-state index contributed by atoms with van der Waals surface area (Å²) in [5.41, 5.74) is 3.87. The molecule has 0 spiro atoms. The van der Waals surface area contributed by atoms with Gasteiger partial charge in [-0.2, -0.15) is 0 Å². The molecule has 9 heteroatoms. The first-order valence-electron chi connectivity index (χ1n) is 12.4. The molecule has 1 N–H and O–H groups in total. The third-order valence-electron chi connectivity index (χ3n) is 6.14. The van der Waals surface area contributed by atoms with E-state index in [-0.39, 0.29) is 17.3 Å². The third-order valence-corrected chi connectivity index (χ3v) is 8.42. The summed E-state index contributed by atoms with van der Waals surface area (Å²) in [5.74, 6) is -0.797. The van der Waals surface area contributed by atoms with E-state index in [4.69, 9.17) is 0 Å². The van der Waals surface area contributed by atoms with Crippen LogP contribution in [0.5, 0.6) is 0 Å². The van der Waals surface area contributed by atoms with Crippen molar-refractivity contribution in [3.8, 4) is 0 Å². The molecule has 3 aromatic rings. The summed E-state index contributed by atoms with van der Waals surface area (Å²) in [4.78, 5) is 28.2. The van der Waals surface area contributed by atoms with E-state index in [1.54, 1.807) is 50.2 Å². The van der Waals surface area contributed by atoms with Gasteiger partial charge in [0.1, 0.15) is 12.6 Å². The van der Waals surface area contributed by atoms with Gasteiger partial charge in [-0.05, 0) is 87.7 Å². The Morgan fingerprint density at radius 2 is 1.55 bits per heavy atom. The van der Waals surface area contributed by atoms with E-state index in [9.17, 15) is 18.0 Å². The average molecular weight is 601 g/mol. The van der Waals surface area contributed by atoms with Crippen LogP contribution in [0.25, 0.3) is 0 Å². The van der Waals surface area contributed by atoms with Gasteiger partial charge in [0.05, 0.1) is 10.6 Å². The van der Waals surface area contributed by atoms with E-state index in [2.05, 4.69) is 21.2 Å². The molecule has 1 atom stereocenters. The lowest BCUT2D eigenvalue weighted by Gasteiger charge is -2.32. The number of hydrogen-bond acceptors (Lipinski definition) is 4. The maximum atomic E-state index is 13.9. The van der Waals surface area contributed by atoms with Gasteiger partial charge in [-0.1, -0.05) is 51.8 Å². The minimum atomic E-state index is -4.09. The largest absolute Gasteiger partial charge is 0.355 e. The summed E-state index contributed by atoms with van der Waals surface area (Å²) >= 11 is 3.45. The molecule has 0 fully saturated rings. The summed E-state index contributed by atoms with van der Waals surface area (Å²) in [6.07, 6.45) is 0. The van der Waals surface area contributed by atoms with Crippen LogP contribution in [0.2, 0.25) is 0 Å². The van der Waals surface area contributed by atoms with Crippen LogP contribution >= 0.6 is 15.9 Å². The highest BCUT2D eigenvalue weighted by Gasteiger charge is 2.32. The molecular weight excluding hydrogens is 566 g/mol. The fourth-order valence-electron chi connectivity index (χ4n) is 4.20. The van der Waals surface area contributed by atoms with E-state index in [1.165, 1.54) is 4.90 Å². The molecule has 202 valence electrons. The molecule has 0 unspecified atom stereocenters. The number of carbonyl (C=O) groups is 2. The van der Waals surface area contributed by atoms with E-state index in [0.29, 0.717) is 12.2 Å². The normalized spacial score (nSPS) is 12.1. The second kappa shape index (κ2) is 12.6. The predicted molar refractivity (Wildman–Crippen MR) is 154 cm³/mol. The quantitative estimate of drug-likeness (QED) is 0.350. The monoisotopic (exact) mass is 599 g/mol. The van der Waals surface area contributed by atoms with Crippen LogP contribution in [0.15, 0.2) is 76.1 Å². The van der Waals surface area contributed by atoms with Crippen LogP contribution in [0.3, 0.4) is 0 Å². The highest BCUT2D eigenvalue weighted by atomic mass is 79.9. The third kappa shape index (κ3) is 7.23. The van der Waals surface area contributed by atoms with Crippen LogP contribution < -0.4 is 9.62 Å². The van der Waals surface area contributed by atoms with Crippen LogP contribution in [0.1, 0.15) is 36.1 Å². The lowest BCUT2D eigenvalue weighted by Crippen LogP contribution is -2.51. The molecule has 2 amide bonds. The highest BCUT2D eigenvalue weighted by Crippen LogP contribution is 2.27. The lowest BCUT2D eigenvalue weighted by molar-refractivity contribution is -0.139. The molecule has 0 radical (unpaired) electrons. The Bertz CT molecular complexity index is 1390. The van der Waals surface area contributed by atoms with Crippen molar-refractivity contribution in [2.24, 2.45) is 0 Å². The Balaban J connectivity index is 2.07. The number of nitrogens with zero attached hydrogens (tertiary/aromatic N) is 2. The maximum Gasteiger partial charge on any atom is 0.264 e. The maximum absolute atomic E-state index is 13.9. The van der Waals surface area contributed by atoms with E-state index in [0.717, 1.165) is 31.0 Å². The van der Waals surface area contributed by atoms with Crippen molar-refractivity contribution in [2.75, 3.05) is 17.4 Å². The number of carbonyl (C=O) groups excluding carboxylic acids is 2. The van der Waals surface area contributed by atoms with E-state index in [1.807, 2.05) is 51.1 Å². The zero-order valence-electron chi connectivity index (χ0n) is 22.4. The summed E-state index contributed by atoms with van der Waals surface area (Å²) < 4.78 is 29.8. The first-order chi connectivity index (χ1) is 17.9. The molecule has 0 aliphatic heterocycles. The fraction of sp³-hybridized carbons (Fsp3) is 0.310. The number of halogens is 1. The molecule has 38 heavy (non-hydrogen) atoms. The van der Waals surface area contributed by atoms with Crippen molar-refractivity contribution in [2.45, 2.75) is 52.1 Å². The number of likely N-dealkylation sites (N-methyl/N-ethyl adjacent to an activating group) is 1. The van der Waals surface area contributed by atoms with Crippen LogP contribution in [-0.4, -0.2) is 44.3 Å². The van der Waals surface area contributed by atoms with Gasteiger partial charge < -0.3 is 10.2 Å². The van der Waals surface area contributed by atoms with Gasteiger partial charge in [-0.15, -0.1) is 0 Å². The van der Waals surface area contributed by atoms with Crippen LogP contribution in [0, 0.1) is 20.8 Å². The molecule has 3 rings (SSSR count). The summed E-state index contributed by atoms with van der Waals surface area (Å²) in [6.45, 7) is 9.19.